The Morgan fingerprint density at radius 2 is 1.92 bits per heavy atom. The van der Waals surface area contributed by atoms with Crippen LogP contribution in [0.1, 0.15) is 5.56 Å². The van der Waals surface area contributed by atoms with Crippen LogP contribution in [0.15, 0.2) is 29.3 Å². The summed E-state index contributed by atoms with van der Waals surface area (Å²) in [7, 11) is 1.29. The number of carbonyl (C=O) groups is 1. The minimum atomic E-state index is -4.66. The second kappa shape index (κ2) is 6.75. The number of carbonyl (C=O) groups excluding carboxylic acids is 1. The average Bonchev–Trinajstić information content (AvgIpc) is 2.70. The predicted octanol–water partition coefficient (Wildman–Crippen LogP) is 4.27. The van der Waals surface area contributed by atoms with Gasteiger partial charge in [-0.05, 0) is 12.1 Å². The first kappa shape index (κ1) is 20.5. The third-order valence-electron chi connectivity index (χ3n) is 3.39. The normalized spacial score (nSPS) is 24.9. The fraction of sp³-hybridized carbons (Fsp3) is 0.385. The Bertz CT molecular complexity index is 723. The molecule has 1 fully saturated rings. The lowest BCUT2D eigenvalue weighted by Gasteiger charge is -2.36. The van der Waals surface area contributed by atoms with Gasteiger partial charge in [0.15, 0.2) is 12.2 Å². The maximum absolute atomic E-state index is 13.2. The van der Waals surface area contributed by atoms with E-state index >= 15 is 0 Å². The first-order chi connectivity index (χ1) is 11.3. The molecule has 0 N–H and O–H groups in total. The third kappa shape index (κ3) is 4.15. The highest BCUT2D eigenvalue weighted by Crippen LogP contribution is 2.38. The molecule has 1 amide bonds. The van der Waals surface area contributed by atoms with Crippen LogP contribution < -0.4 is 4.65 Å². The lowest BCUT2D eigenvalue weighted by molar-refractivity contribution is -0.137. The van der Waals surface area contributed by atoms with E-state index in [9.17, 15) is 23.2 Å². The number of amidine groups is 1. The van der Waals surface area contributed by atoms with Crippen molar-refractivity contribution in [2.24, 2.45) is 4.99 Å². The topological polar surface area (TPSA) is 55.7 Å². The summed E-state index contributed by atoms with van der Waals surface area (Å²) in [4.78, 5) is 16.9. The van der Waals surface area contributed by atoms with Gasteiger partial charge in [0.2, 0.25) is 3.79 Å². The van der Waals surface area contributed by atoms with Gasteiger partial charge in [0.1, 0.15) is 5.69 Å². The van der Waals surface area contributed by atoms with Crippen LogP contribution in [0.5, 0.6) is 0 Å². The second-order valence-electron chi connectivity index (χ2n) is 5.26. The van der Waals surface area contributed by atoms with Crippen LogP contribution >= 0.6 is 46.4 Å². The SMILES string of the molecule is CN1C[N+]([O-])(c2cccc(C(F)(F)F)c2)/C(=N\C(Cl)C(Cl)(Cl)Cl)C1=O. The number of alkyl halides is 7. The molecule has 0 aromatic heterocycles. The molecule has 2 rings (SSSR count). The Balaban J connectivity index is 2.57. The van der Waals surface area contributed by atoms with Crippen molar-refractivity contribution in [2.75, 3.05) is 13.7 Å². The number of halogens is 7. The van der Waals surface area contributed by atoms with E-state index in [2.05, 4.69) is 4.99 Å². The molecule has 1 saturated heterocycles. The highest BCUT2D eigenvalue weighted by molar-refractivity contribution is 6.70. The lowest BCUT2D eigenvalue weighted by atomic mass is 10.2. The number of benzene rings is 1. The molecular formula is C13H10Cl4F3N3O2. The van der Waals surface area contributed by atoms with Crippen molar-refractivity contribution < 1.29 is 18.0 Å². The smallest absolute Gasteiger partial charge is 0.416 e. The van der Waals surface area contributed by atoms with E-state index in [0.717, 1.165) is 23.1 Å². The number of hydrogen-bond donors (Lipinski definition) is 0. The van der Waals surface area contributed by atoms with Crippen LogP contribution in [0, 0.1) is 5.21 Å². The monoisotopic (exact) mass is 437 g/mol. The molecule has 0 spiro atoms. The zero-order valence-electron chi connectivity index (χ0n) is 12.4. The van der Waals surface area contributed by atoms with Gasteiger partial charge in [-0.2, -0.15) is 13.2 Å². The minimum absolute atomic E-state index is 0.348. The zero-order chi connectivity index (χ0) is 19.2. The third-order valence-corrected chi connectivity index (χ3v) is 4.77. The van der Waals surface area contributed by atoms with Crippen LogP contribution in [-0.2, 0) is 11.0 Å². The molecule has 1 aromatic carbocycles. The summed E-state index contributed by atoms with van der Waals surface area (Å²) in [5, 5.41) is 13.2. The van der Waals surface area contributed by atoms with Crippen molar-refractivity contribution in [2.45, 2.75) is 15.5 Å². The summed E-state index contributed by atoms with van der Waals surface area (Å²) in [6, 6.07) is 3.67. The maximum atomic E-state index is 13.2. The van der Waals surface area contributed by atoms with E-state index in [-0.39, 0.29) is 5.69 Å². The minimum Gasteiger partial charge on any atom is -0.619 e. The molecule has 0 radical (unpaired) electrons. The highest BCUT2D eigenvalue weighted by atomic mass is 35.6. The molecule has 25 heavy (non-hydrogen) atoms. The Kier molecular flexibility index (Phi) is 5.55. The van der Waals surface area contributed by atoms with Gasteiger partial charge in [-0.15, -0.1) is 0 Å². The molecule has 1 aromatic rings. The van der Waals surface area contributed by atoms with E-state index in [1.165, 1.54) is 7.05 Å². The van der Waals surface area contributed by atoms with Crippen molar-refractivity contribution in [3.05, 3.63) is 35.0 Å². The van der Waals surface area contributed by atoms with E-state index in [4.69, 9.17) is 46.4 Å². The van der Waals surface area contributed by atoms with Crippen molar-refractivity contribution in [1.82, 2.24) is 9.55 Å². The molecule has 2 atom stereocenters. The number of hydroxylamine groups is 2. The van der Waals surface area contributed by atoms with Gasteiger partial charge in [-0.3, -0.25) is 14.3 Å². The number of aliphatic imine (C=N–C) groups is 1. The van der Waals surface area contributed by atoms with Crippen LogP contribution in [0.2, 0.25) is 0 Å². The summed E-state index contributed by atoms with van der Waals surface area (Å²) in [6.07, 6.45) is -4.66. The van der Waals surface area contributed by atoms with Gasteiger partial charge in [0, 0.05) is 13.1 Å². The fourth-order valence-corrected chi connectivity index (χ4v) is 2.43. The Morgan fingerprint density at radius 3 is 2.44 bits per heavy atom. The van der Waals surface area contributed by atoms with Gasteiger partial charge in [0.25, 0.3) is 5.84 Å². The summed E-state index contributed by atoms with van der Waals surface area (Å²) in [6.45, 7) is -0.498. The van der Waals surface area contributed by atoms with Crippen molar-refractivity contribution in [3.8, 4) is 0 Å². The second-order valence-corrected chi connectivity index (χ2v) is 8.04. The molecule has 138 valence electrons. The van der Waals surface area contributed by atoms with E-state index in [1.54, 1.807) is 0 Å². The number of amides is 1. The standard InChI is InChI=1S/C13H10Cl4F3N3O2/c1-22-6-23(25,8-4-2-3-7(5-8)13(18,19)20)9(10(22)24)21-11(14)12(15,16)17/h2-5,11H,6H2,1H3/b21-9-. The first-order valence-corrected chi connectivity index (χ1v) is 8.15. The summed E-state index contributed by atoms with van der Waals surface area (Å²) in [5.74, 6) is -1.50. The summed E-state index contributed by atoms with van der Waals surface area (Å²) in [5.41, 5.74) is -2.97. The van der Waals surface area contributed by atoms with Crippen LogP contribution in [-0.4, -0.2) is 39.7 Å². The number of likely N-dealkylation sites (N-methyl/N-ethyl adjacent to an activating group) is 1. The molecule has 1 heterocycles. The van der Waals surface area contributed by atoms with Gasteiger partial charge in [-0.25, -0.2) is 4.99 Å². The van der Waals surface area contributed by atoms with Gasteiger partial charge >= 0.3 is 12.1 Å². The molecule has 0 aliphatic carbocycles. The molecule has 5 nitrogen and oxygen atoms in total. The Labute approximate surface area is 160 Å². The quantitative estimate of drug-likeness (QED) is 0.299. The predicted molar refractivity (Wildman–Crippen MR) is 91.6 cm³/mol. The van der Waals surface area contributed by atoms with E-state index in [0.29, 0.717) is 6.07 Å². The largest absolute Gasteiger partial charge is 0.619 e. The highest BCUT2D eigenvalue weighted by Gasteiger charge is 2.47. The molecule has 1 aliphatic heterocycles. The first-order valence-electron chi connectivity index (χ1n) is 6.58. The Morgan fingerprint density at radius 1 is 1.32 bits per heavy atom. The molecular weight excluding hydrogens is 429 g/mol. The molecule has 0 saturated carbocycles. The Hall–Kier alpha value is -0.770. The van der Waals surface area contributed by atoms with Gasteiger partial charge < -0.3 is 5.21 Å². The van der Waals surface area contributed by atoms with Crippen LogP contribution in [0.4, 0.5) is 18.9 Å². The van der Waals surface area contributed by atoms with Crippen molar-refractivity contribution >= 4 is 63.8 Å². The lowest BCUT2D eigenvalue weighted by Crippen LogP contribution is -2.47. The number of nitrogens with zero attached hydrogens (tertiary/aromatic N) is 3. The molecule has 1 aliphatic rings. The summed E-state index contributed by atoms with van der Waals surface area (Å²) >= 11 is 22.5. The fourth-order valence-electron chi connectivity index (χ4n) is 2.20. The summed E-state index contributed by atoms with van der Waals surface area (Å²) < 4.78 is 35.0. The molecule has 0 bridgehead atoms. The molecule has 12 heteroatoms. The maximum Gasteiger partial charge on any atom is 0.416 e. The molecule has 2 unspecified atom stereocenters. The number of quaternary nitrogens is 1. The van der Waals surface area contributed by atoms with E-state index < -0.39 is 44.1 Å². The van der Waals surface area contributed by atoms with E-state index in [1.807, 2.05) is 0 Å². The average molecular weight is 439 g/mol. The van der Waals surface area contributed by atoms with Gasteiger partial charge in [-0.1, -0.05) is 52.5 Å². The van der Waals surface area contributed by atoms with Crippen LogP contribution in [0.25, 0.3) is 0 Å². The zero-order valence-corrected chi connectivity index (χ0v) is 15.4. The van der Waals surface area contributed by atoms with Crippen LogP contribution in [0.3, 0.4) is 0 Å². The number of rotatable bonds is 2. The number of hydrogen-bond acceptors (Lipinski definition) is 3. The van der Waals surface area contributed by atoms with Crippen molar-refractivity contribution in [1.29, 1.82) is 0 Å². The van der Waals surface area contributed by atoms with Gasteiger partial charge in [0.05, 0.1) is 5.56 Å². The van der Waals surface area contributed by atoms with Crippen molar-refractivity contribution in [3.63, 3.8) is 0 Å².